The maximum absolute atomic E-state index is 12.3. The van der Waals surface area contributed by atoms with Crippen LogP contribution < -0.4 is 5.56 Å². The Morgan fingerprint density at radius 2 is 2.16 bits per heavy atom. The van der Waals surface area contributed by atoms with Crippen molar-refractivity contribution < 1.29 is 8.42 Å². The fourth-order valence-electron chi connectivity index (χ4n) is 3.07. The molecule has 1 aliphatic rings. The molecule has 0 fully saturated rings. The lowest BCUT2D eigenvalue weighted by Gasteiger charge is -2.26. The van der Waals surface area contributed by atoms with Crippen molar-refractivity contribution in [3.05, 3.63) is 57.8 Å². The van der Waals surface area contributed by atoms with Crippen molar-refractivity contribution in [1.82, 2.24) is 24.5 Å². The molecule has 3 aromatic heterocycles. The monoisotopic (exact) mass is 359 g/mol. The van der Waals surface area contributed by atoms with Crippen molar-refractivity contribution in [3.63, 3.8) is 0 Å². The number of sulfone groups is 1. The minimum Gasteiger partial charge on any atom is -0.297 e. The molecule has 130 valence electrons. The van der Waals surface area contributed by atoms with Crippen molar-refractivity contribution in [1.29, 1.82) is 0 Å². The topological polar surface area (TPSA) is 100 Å². The highest BCUT2D eigenvalue weighted by atomic mass is 32.2. The number of hydrogen-bond acceptors (Lipinski definition) is 6. The Balaban J connectivity index is 1.59. The SMILES string of the molecule is CS(=O)(=O)c1nc2c(c(=O)[nH]1)CN(Cc1cc3ccccn3n1)CC2. The number of H-pyrrole nitrogens is 1. The molecule has 1 aliphatic heterocycles. The van der Waals surface area contributed by atoms with Crippen LogP contribution in [0.25, 0.3) is 5.52 Å². The van der Waals surface area contributed by atoms with E-state index in [0.717, 1.165) is 17.5 Å². The van der Waals surface area contributed by atoms with Crippen molar-refractivity contribution in [3.8, 4) is 0 Å². The standard InChI is InChI=1S/C16H17N5O3S/c1-25(23,24)16-17-14-5-7-20(10-13(14)15(22)18-16)9-11-8-12-4-2-3-6-21(12)19-11/h2-4,6,8H,5,7,9-10H2,1H3,(H,17,18,22). The van der Waals surface area contributed by atoms with Gasteiger partial charge < -0.3 is 0 Å². The van der Waals surface area contributed by atoms with E-state index in [1.54, 1.807) is 0 Å². The van der Waals surface area contributed by atoms with E-state index in [9.17, 15) is 13.2 Å². The molecule has 0 bridgehead atoms. The van der Waals surface area contributed by atoms with Gasteiger partial charge in [0.15, 0.2) is 0 Å². The Morgan fingerprint density at radius 3 is 2.92 bits per heavy atom. The van der Waals surface area contributed by atoms with Crippen LogP contribution in [0.1, 0.15) is 17.0 Å². The van der Waals surface area contributed by atoms with Gasteiger partial charge in [-0.3, -0.25) is 14.7 Å². The second-order valence-corrected chi connectivity index (χ2v) is 8.17. The molecule has 0 unspecified atom stereocenters. The van der Waals surface area contributed by atoms with Crippen molar-refractivity contribution in [2.75, 3.05) is 12.8 Å². The average Bonchev–Trinajstić information content (AvgIpc) is 2.96. The van der Waals surface area contributed by atoms with E-state index in [2.05, 4.69) is 20.0 Å². The molecule has 0 aliphatic carbocycles. The van der Waals surface area contributed by atoms with Gasteiger partial charge in [-0.2, -0.15) is 5.10 Å². The van der Waals surface area contributed by atoms with E-state index in [1.165, 1.54) is 0 Å². The third-order valence-corrected chi connectivity index (χ3v) is 5.18. The predicted molar refractivity (Wildman–Crippen MR) is 91.0 cm³/mol. The molecule has 0 saturated heterocycles. The molecule has 3 aromatic rings. The highest BCUT2D eigenvalue weighted by Gasteiger charge is 2.24. The number of nitrogens with zero attached hydrogens (tertiary/aromatic N) is 4. The molecular weight excluding hydrogens is 342 g/mol. The zero-order chi connectivity index (χ0) is 17.6. The largest absolute Gasteiger partial charge is 0.297 e. The first kappa shape index (κ1) is 16.0. The van der Waals surface area contributed by atoms with Gasteiger partial charge in [-0.05, 0) is 18.2 Å². The fourth-order valence-corrected chi connectivity index (χ4v) is 3.62. The molecule has 1 N–H and O–H groups in total. The van der Waals surface area contributed by atoms with E-state index in [-0.39, 0.29) is 10.7 Å². The van der Waals surface area contributed by atoms with E-state index in [4.69, 9.17) is 0 Å². The van der Waals surface area contributed by atoms with Gasteiger partial charge in [0, 0.05) is 38.5 Å². The van der Waals surface area contributed by atoms with Gasteiger partial charge in [0.1, 0.15) is 0 Å². The summed E-state index contributed by atoms with van der Waals surface area (Å²) in [6.07, 6.45) is 3.47. The highest BCUT2D eigenvalue weighted by molar-refractivity contribution is 7.90. The number of fused-ring (bicyclic) bond motifs is 2. The Labute approximate surface area is 144 Å². The Morgan fingerprint density at radius 1 is 1.32 bits per heavy atom. The first-order chi connectivity index (χ1) is 11.9. The van der Waals surface area contributed by atoms with Crippen LogP contribution in [0.4, 0.5) is 0 Å². The van der Waals surface area contributed by atoms with Gasteiger partial charge in [0.05, 0.1) is 22.5 Å². The predicted octanol–water partition coefficient (Wildman–Crippen LogP) is 0.379. The fraction of sp³-hybridized carbons (Fsp3) is 0.312. The van der Waals surface area contributed by atoms with Gasteiger partial charge >= 0.3 is 0 Å². The van der Waals surface area contributed by atoms with Gasteiger partial charge in [-0.15, -0.1) is 0 Å². The highest BCUT2D eigenvalue weighted by Crippen LogP contribution is 2.17. The second kappa shape index (κ2) is 5.78. The molecule has 9 heteroatoms. The van der Waals surface area contributed by atoms with E-state index in [0.29, 0.717) is 37.3 Å². The summed E-state index contributed by atoms with van der Waals surface area (Å²) in [4.78, 5) is 20.9. The Hall–Kier alpha value is -2.52. The molecular formula is C16H17N5O3S. The summed E-state index contributed by atoms with van der Waals surface area (Å²) < 4.78 is 25.0. The van der Waals surface area contributed by atoms with Gasteiger partial charge in [-0.25, -0.2) is 17.9 Å². The quantitative estimate of drug-likeness (QED) is 0.679. The Kier molecular flexibility index (Phi) is 3.69. The first-order valence-corrected chi connectivity index (χ1v) is 9.77. The first-order valence-electron chi connectivity index (χ1n) is 7.88. The summed E-state index contributed by atoms with van der Waals surface area (Å²) >= 11 is 0. The molecule has 4 rings (SSSR count). The van der Waals surface area contributed by atoms with E-state index >= 15 is 0 Å². The maximum Gasteiger partial charge on any atom is 0.256 e. The molecule has 0 radical (unpaired) electrons. The zero-order valence-corrected chi connectivity index (χ0v) is 14.5. The smallest absolute Gasteiger partial charge is 0.256 e. The van der Waals surface area contributed by atoms with E-state index < -0.39 is 9.84 Å². The normalized spacial score (nSPS) is 15.4. The molecule has 0 atom stereocenters. The molecule has 4 heterocycles. The minimum atomic E-state index is -3.53. The summed E-state index contributed by atoms with van der Waals surface area (Å²) in [5.74, 6) is 0. The molecule has 0 aromatic carbocycles. The molecule has 25 heavy (non-hydrogen) atoms. The van der Waals surface area contributed by atoms with E-state index in [1.807, 2.05) is 35.0 Å². The van der Waals surface area contributed by atoms with Crippen molar-refractivity contribution in [2.24, 2.45) is 0 Å². The summed E-state index contributed by atoms with van der Waals surface area (Å²) in [6.45, 7) is 1.74. The van der Waals surface area contributed by atoms with Crippen LogP contribution in [-0.2, 0) is 29.3 Å². The molecule has 8 nitrogen and oxygen atoms in total. The van der Waals surface area contributed by atoms with Crippen LogP contribution >= 0.6 is 0 Å². The zero-order valence-electron chi connectivity index (χ0n) is 13.6. The number of aromatic amines is 1. The van der Waals surface area contributed by atoms with Gasteiger partial charge in [0.25, 0.3) is 5.56 Å². The van der Waals surface area contributed by atoms with Gasteiger partial charge in [-0.1, -0.05) is 6.07 Å². The molecule has 0 spiro atoms. The summed E-state index contributed by atoms with van der Waals surface area (Å²) in [6, 6.07) is 7.89. The second-order valence-electron chi connectivity index (χ2n) is 6.23. The Bertz CT molecular complexity index is 1080. The third-order valence-electron chi connectivity index (χ3n) is 4.28. The number of rotatable bonds is 3. The van der Waals surface area contributed by atoms with Crippen LogP contribution in [0.3, 0.4) is 0 Å². The molecule has 0 saturated carbocycles. The maximum atomic E-state index is 12.3. The lowest BCUT2D eigenvalue weighted by atomic mass is 10.1. The lowest BCUT2D eigenvalue weighted by molar-refractivity contribution is 0.238. The van der Waals surface area contributed by atoms with Crippen molar-refractivity contribution in [2.45, 2.75) is 24.7 Å². The van der Waals surface area contributed by atoms with Crippen LogP contribution in [0, 0.1) is 0 Å². The van der Waals surface area contributed by atoms with Crippen LogP contribution in [0.15, 0.2) is 40.4 Å². The average molecular weight is 359 g/mol. The molecule has 0 amide bonds. The number of hydrogen-bond donors (Lipinski definition) is 1. The number of nitrogens with one attached hydrogen (secondary N) is 1. The van der Waals surface area contributed by atoms with Crippen LogP contribution in [0.2, 0.25) is 0 Å². The summed E-state index contributed by atoms with van der Waals surface area (Å²) in [5.41, 5.74) is 2.65. The van der Waals surface area contributed by atoms with Gasteiger partial charge in [0.2, 0.25) is 15.0 Å². The van der Waals surface area contributed by atoms with Crippen LogP contribution in [-0.4, -0.2) is 45.7 Å². The third kappa shape index (κ3) is 3.08. The number of pyridine rings is 1. The summed E-state index contributed by atoms with van der Waals surface area (Å²) in [7, 11) is -3.53. The minimum absolute atomic E-state index is 0.259. The lowest BCUT2D eigenvalue weighted by Crippen LogP contribution is -2.36. The van der Waals surface area contributed by atoms with Crippen LogP contribution in [0.5, 0.6) is 0 Å². The summed E-state index contributed by atoms with van der Waals surface area (Å²) in [5, 5.41) is 4.27. The van der Waals surface area contributed by atoms with Crippen molar-refractivity contribution >= 4 is 15.4 Å². The number of aromatic nitrogens is 4.